The van der Waals surface area contributed by atoms with Crippen molar-refractivity contribution in [2.45, 2.75) is 66.3 Å². The predicted octanol–water partition coefficient (Wildman–Crippen LogP) is 2.80. The maximum absolute atomic E-state index is 13.3. The zero-order valence-electron chi connectivity index (χ0n) is 19.0. The summed E-state index contributed by atoms with van der Waals surface area (Å²) in [7, 11) is 0. The van der Waals surface area contributed by atoms with Crippen LogP contribution in [-0.2, 0) is 0 Å². The van der Waals surface area contributed by atoms with Crippen molar-refractivity contribution in [3.05, 3.63) is 66.5 Å². The molecular weight excluding hydrogens is 355 g/mol. The van der Waals surface area contributed by atoms with Gasteiger partial charge in [-0.3, -0.25) is 14.2 Å². The molecule has 2 aromatic rings. The molecule has 152 valence electrons. The van der Waals surface area contributed by atoms with E-state index in [-0.39, 0.29) is 41.6 Å². The number of hydrogen-bond donors (Lipinski definition) is 0. The Kier molecular flexibility index (Phi) is 8.87. The van der Waals surface area contributed by atoms with Crippen molar-refractivity contribution < 1.29 is 28.4 Å². The van der Waals surface area contributed by atoms with Crippen LogP contribution in [0.15, 0.2) is 48.8 Å². The number of benzene rings is 1. The standard InChI is InChI=1S/C24H33N2O2.Li/c1-7-24(8-2,9-3)22(28)25-16-15-20(18-25)21(27)26(23(4,5)6)17-19-13-11-10-12-14-19;/h10-18H,7-9H2,1-6H3;/q-1;+1. The van der Waals surface area contributed by atoms with E-state index in [0.717, 1.165) is 24.8 Å². The largest absolute Gasteiger partial charge is 1.00 e. The minimum absolute atomic E-state index is 0. The summed E-state index contributed by atoms with van der Waals surface area (Å²) in [4.78, 5) is 28.1. The number of nitrogens with zero attached hydrogens (tertiary/aromatic N) is 2. The van der Waals surface area contributed by atoms with Crippen LogP contribution in [0.1, 0.15) is 81.5 Å². The van der Waals surface area contributed by atoms with Crippen molar-refractivity contribution in [1.29, 1.82) is 0 Å². The van der Waals surface area contributed by atoms with Crippen LogP contribution in [0, 0.1) is 12.0 Å². The Hall–Kier alpha value is -1.89. The maximum Gasteiger partial charge on any atom is 1.00 e. The van der Waals surface area contributed by atoms with E-state index in [2.05, 4.69) is 20.8 Å². The Morgan fingerprint density at radius 3 is 2.00 bits per heavy atom. The van der Waals surface area contributed by atoms with E-state index in [0.29, 0.717) is 5.56 Å². The molecule has 1 aromatic heterocycles. The van der Waals surface area contributed by atoms with Gasteiger partial charge in [0.05, 0.1) is 5.56 Å². The van der Waals surface area contributed by atoms with Gasteiger partial charge in [0, 0.05) is 23.3 Å². The Labute approximate surface area is 187 Å². The summed E-state index contributed by atoms with van der Waals surface area (Å²) in [5, 5.41) is 0. The molecule has 0 aliphatic carbocycles. The van der Waals surface area contributed by atoms with Crippen LogP contribution in [0.25, 0.3) is 0 Å². The van der Waals surface area contributed by atoms with Crippen LogP contribution in [0.3, 0.4) is 0 Å². The first-order valence-corrected chi connectivity index (χ1v) is 10.1. The third-order valence-electron chi connectivity index (χ3n) is 5.68. The van der Waals surface area contributed by atoms with E-state index in [1.54, 1.807) is 27.9 Å². The summed E-state index contributed by atoms with van der Waals surface area (Å²) in [6, 6.07) is 11.5. The van der Waals surface area contributed by atoms with E-state index >= 15 is 0 Å². The second-order valence-corrected chi connectivity index (χ2v) is 8.34. The fourth-order valence-electron chi connectivity index (χ4n) is 3.51. The van der Waals surface area contributed by atoms with E-state index in [1.807, 2.05) is 57.6 Å². The van der Waals surface area contributed by atoms with Crippen molar-refractivity contribution >= 4 is 11.8 Å². The van der Waals surface area contributed by atoms with Crippen LogP contribution in [0.5, 0.6) is 0 Å². The minimum Gasteiger partial charge on any atom is -0.363 e. The molecule has 29 heavy (non-hydrogen) atoms. The van der Waals surface area contributed by atoms with Gasteiger partial charge in [-0.05, 0) is 46.1 Å². The molecule has 2 rings (SSSR count). The zero-order valence-corrected chi connectivity index (χ0v) is 19.0. The fourth-order valence-corrected chi connectivity index (χ4v) is 3.51. The van der Waals surface area contributed by atoms with E-state index in [9.17, 15) is 9.59 Å². The Morgan fingerprint density at radius 1 is 0.966 bits per heavy atom. The summed E-state index contributed by atoms with van der Waals surface area (Å²) >= 11 is 0. The normalized spacial score (nSPS) is 11.5. The second kappa shape index (κ2) is 10.2. The third-order valence-corrected chi connectivity index (χ3v) is 5.68. The number of rotatable bonds is 7. The van der Waals surface area contributed by atoms with Gasteiger partial charge in [0.15, 0.2) is 0 Å². The van der Waals surface area contributed by atoms with E-state index in [1.165, 1.54) is 0 Å². The molecule has 1 amide bonds. The summed E-state index contributed by atoms with van der Waals surface area (Å²) in [5.41, 5.74) is 0.717. The van der Waals surface area contributed by atoms with Crippen LogP contribution >= 0.6 is 0 Å². The molecule has 0 atom stereocenters. The summed E-state index contributed by atoms with van der Waals surface area (Å²) in [6.07, 6.45) is 5.76. The van der Waals surface area contributed by atoms with E-state index < -0.39 is 0 Å². The molecule has 0 aliphatic rings. The maximum atomic E-state index is 13.3. The van der Waals surface area contributed by atoms with Gasteiger partial charge in [-0.15, -0.1) is 12.1 Å². The summed E-state index contributed by atoms with van der Waals surface area (Å²) < 4.78 is 1.59. The smallest absolute Gasteiger partial charge is 0.363 e. The topological polar surface area (TPSA) is 42.3 Å². The first-order chi connectivity index (χ1) is 13.2. The molecule has 1 heterocycles. The SMILES string of the molecule is CCC(CC)(CC)C(=O)n1ccc(C(=O)N([CH-]c2ccccc2)C(C)(C)C)c1.[Li+]. The van der Waals surface area contributed by atoms with Crippen LogP contribution < -0.4 is 18.9 Å². The van der Waals surface area contributed by atoms with Gasteiger partial charge >= 0.3 is 18.9 Å². The van der Waals surface area contributed by atoms with Gasteiger partial charge in [0.2, 0.25) is 11.8 Å². The van der Waals surface area contributed by atoms with Crippen molar-refractivity contribution in [3.8, 4) is 0 Å². The molecule has 5 heteroatoms. The average molecular weight is 388 g/mol. The third kappa shape index (κ3) is 5.59. The van der Waals surface area contributed by atoms with Crippen LogP contribution in [-0.4, -0.2) is 26.8 Å². The Balaban J connectivity index is 0.00000420. The predicted molar refractivity (Wildman–Crippen MR) is 114 cm³/mol. The Bertz CT molecular complexity index is 794. The van der Waals surface area contributed by atoms with Crippen LogP contribution in [0.2, 0.25) is 0 Å². The summed E-state index contributed by atoms with van der Waals surface area (Å²) in [6.45, 7) is 14.0. The molecular formula is C24H33LiN2O2. The number of carbonyl (C=O) groups is 2. The molecule has 0 radical (unpaired) electrons. The quantitative estimate of drug-likeness (QED) is 0.541. The van der Waals surface area contributed by atoms with Crippen molar-refractivity contribution in [2.24, 2.45) is 5.41 Å². The molecule has 0 N–H and O–H groups in total. The van der Waals surface area contributed by atoms with Crippen molar-refractivity contribution in [2.75, 3.05) is 0 Å². The zero-order chi connectivity index (χ0) is 20.9. The minimum atomic E-state index is -0.390. The molecule has 0 bridgehead atoms. The van der Waals surface area contributed by atoms with Gasteiger partial charge in [-0.2, -0.15) is 17.7 Å². The number of hydrogen-bond acceptors (Lipinski definition) is 2. The molecule has 0 aliphatic heterocycles. The van der Waals surface area contributed by atoms with Gasteiger partial charge in [-0.1, -0.05) is 33.4 Å². The van der Waals surface area contributed by atoms with Crippen molar-refractivity contribution in [3.63, 3.8) is 0 Å². The van der Waals surface area contributed by atoms with Gasteiger partial charge in [-0.25, -0.2) is 0 Å². The number of amides is 1. The fraction of sp³-hybridized carbons (Fsp3) is 0.458. The molecule has 1 aromatic carbocycles. The Morgan fingerprint density at radius 2 is 1.52 bits per heavy atom. The molecule has 0 fully saturated rings. The summed E-state index contributed by atoms with van der Waals surface area (Å²) in [5.74, 6) is -0.0496. The first-order valence-electron chi connectivity index (χ1n) is 10.1. The van der Waals surface area contributed by atoms with Gasteiger partial charge < -0.3 is 4.90 Å². The van der Waals surface area contributed by atoms with Crippen LogP contribution in [0.4, 0.5) is 0 Å². The van der Waals surface area contributed by atoms with Gasteiger partial charge in [0.1, 0.15) is 0 Å². The van der Waals surface area contributed by atoms with Gasteiger partial charge in [0.25, 0.3) is 0 Å². The number of aromatic nitrogens is 1. The molecule has 0 spiro atoms. The monoisotopic (exact) mass is 388 g/mol. The molecule has 4 nitrogen and oxygen atoms in total. The average Bonchev–Trinajstić information content (AvgIpc) is 3.17. The molecule has 0 unspecified atom stereocenters. The second-order valence-electron chi connectivity index (χ2n) is 8.34. The number of carbonyl (C=O) groups excluding carboxylic acids is 2. The molecule has 0 saturated carbocycles. The first kappa shape index (κ1) is 25.1. The molecule has 0 saturated heterocycles. The van der Waals surface area contributed by atoms with Crippen molar-refractivity contribution in [1.82, 2.24) is 9.47 Å². The van der Waals surface area contributed by atoms with E-state index in [4.69, 9.17) is 0 Å².